The zero-order chi connectivity index (χ0) is 14.5. The van der Waals surface area contributed by atoms with Crippen LogP contribution in [0.4, 0.5) is 0 Å². The first-order chi connectivity index (χ1) is 8.79. The van der Waals surface area contributed by atoms with Gasteiger partial charge in [-0.25, -0.2) is 0 Å². The number of amides is 1. The smallest absolute Gasteiger partial charge is 0.239 e. The van der Waals surface area contributed by atoms with E-state index in [-0.39, 0.29) is 5.91 Å². The summed E-state index contributed by atoms with van der Waals surface area (Å²) in [5.74, 6) is -0.0823. The Bertz CT molecular complexity index is 279. The Morgan fingerprint density at radius 3 is 2.42 bits per heavy atom. The van der Waals surface area contributed by atoms with E-state index in [1.807, 2.05) is 0 Å². The van der Waals surface area contributed by atoms with E-state index in [0.29, 0.717) is 18.8 Å². The van der Waals surface area contributed by atoms with Gasteiger partial charge in [0, 0.05) is 19.6 Å². The predicted molar refractivity (Wildman–Crippen MR) is 77.0 cm³/mol. The highest BCUT2D eigenvalue weighted by molar-refractivity contribution is 5.84. The molecule has 0 aliphatic carbocycles. The third kappa shape index (κ3) is 6.36. The third-order valence-electron chi connectivity index (χ3n) is 3.27. The SMILES string of the molecule is CC1CN(CCCCNC(=O)C(C)(C)N)CC(C)O1. The first kappa shape index (κ1) is 16.4. The van der Waals surface area contributed by atoms with Gasteiger partial charge in [0.05, 0.1) is 17.7 Å². The van der Waals surface area contributed by atoms with E-state index in [9.17, 15) is 4.79 Å². The Morgan fingerprint density at radius 1 is 1.32 bits per heavy atom. The maximum absolute atomic E-state index is 11.6. The molecule has 1 rings (SSSR count). The fraction of sp³-hybridized carbons (Fsp3) is 0.929. The Labute approximate surface area is 116 Å². The molecule has 2 atom stereocenters. The molecule has 3 N–H and O–H groups in total. The molecule has 2 unspecified atom stereocenters. The van der Waals surface area contributed by atoms with E-state index in [1.165, 1.54) is 0 Å². The minimum Gasteiger partial charge on any atom is -0.373 e. The molecule has 0 aromatic heterocycles. The van der Waals surface area contributed by atoms with Crippen LogP contribution in [0, 0.1) is 0 Å². The van der Waals surface area contributed by atoms with Crippen molar-refractivity contribution in [3.63, 3.8) is 0 Å². The number of hydrogen-bond acceptors (Lipinski definition) is 4. The number of nitrogens with one attached hydrogen (secondary N) is 1. The average molecular weight is 271 g/mol. The topological polar surface area (TPSA) is 67.6 Å². The molecule has 0 aromatic carbocycles. The summed E-state index contributed by atoms with van der Waals surface area (Å²) in [4.78, 5) is 14.0. The van der Waals surface area contributed by atoms with Gasteiger partial charge in [-0.3, -0.25) is 9.69 Å². The summed E-state index contributed by atoms with van der Waals surface area (Å²) in [5.41, 5.74) is 4.92. The molecule has 0 radical (unpaired) electrons. The maximum Gasteiger partial charge on any atom is 0.239 e. The van der Waals surface area contributed by atoms with Crippen molar-refractivity contribution in [2.24, 2.45) is 5.73 Å². The Hall–Kier alpha value is -0.650. The first-order valence-electron chi connectivity index (χ1n) is 7.24. The van der Waals surface area contributed by atoms with E-state index in [4.69, 9.17) is 10.5 Å². The lowest BCUT2D eigenvalue weighted by molar-refractivity contribution is -0.125. The molecule has 0 aromatic rings. The number of nitrogens with zero attached hydrogens (tertiary/aromatic N) is 1. The van der Waals surface area contributed by atoms with Crippen LogP contribution in [0.3, 0.4) is 0 Å². The lowest BCUT2D eigenvalue weighted by Crippen LogP contribution is -2.49. The van der Waals surface area contributed by atoms with Gasteiger partial charge in [-0.2, -0.15) is 0 Å². The Kier molecular flexibility index (Phi) is 6.23. The standard InChI is InChI=1S/C14H29N3O2/c1-11-9-17(10-12(2)19-11)8-6-5-7-16-13(18)14(3,4)15/h11-12H,5-10,15H2,1-4H3,(H,16,18). The van der Waals surface area contributed by atoms with E-state index >= 15 is 0 Å². The number of hydrogen-bond donors (Lipinski definition) is 2. The van der Waals surface area contributed by atoms with Gasteiger partial charge in [-0.05, 0) is 47.1 Å². The van der Waals surface area contributed by atoms with Crippen LogP contribution in [0.15, 0.2) is 0 Å². The monoisotopic (exact) mass is 271 g/mol. The van der Waals surface area contributed by atoms with Crippen LogP contribution in [0.2, 0.25) is 0 Å². The highest BCUT2D eigenvalue weighted by atomic mass is 16.5. The highest BCUT2D eigenvalue weighted by Gasteiger charge is 2.22. The van der Waals surface area contributed by atoms with Crippen LogP contribution in [-0.2, 0) is 9.53 Å². The first-order valence-corrected chi connectivity index (χ1v) is 7.24. The molecule has 5 nitrogen and oxygen atoms in total. The lowest BCUT2D eigenvalue weighted by Gasteiger charge is -2.35. The molecule has 1 aliphatic rings. The fourth-order valence-electron chi connectivity index (χ4n) is 2.36. The summed E-state index contributed by atoms with van der Waals surface area (Å²) in [6, 6.07) is 0. The van der Waals surface area contributed by atoms with Crippen molar-refractivity contribution in [3.05, 3.63) is 0 Å². The summed E-state index contributed by atoms with van der Waals surface area (Å²) >= 11 is 0. The van der Waals surface area contributed by atoms with Crippen LogP contribution < -0.4 is 11.1 Å². The van der Waals surface area contributed by atoms with Crippen LogP contribution >= 0.6 is 0 Å². The molecule has 5 heteroatoms. The van der Waals surface area contributed by atoms with Crippen molar-refractivity contribution in [3.8, 4) is 0 Å². The van der Waals surface area contributed by atoms with Crippen molar-refractivity contribution in [1.82, 2.24) is 10.2 Å². The zero-order valence-corrected chi connectivity index (χ0v) is 12.7. The predicted octanol–water partition coefficient (Wildman–Crippen LogP) is 0.729. The molecule has 1 saturated heterocycles. The van der Waals surface area contributed by atoms with Gasteiger partial charge in [0.25, 0.3) is 0 Å². The molecule has 112 valence electrons. The van der Waals surface area contributed by atoms with Crippen molar-refractivity contribution in [1.29, 1.82) is 0 Å². The Balaban J connectivity index is 2.09. The van der Waals surface area contributed by atoms with Gasteiger partial charge in [-0.1, -0.05) is 0 Å². The second-order valence-corrected chi connectivity index (χ2v) is 6.20. The van der Waals surface area contributed by atoms with E-state index < -0.39 is 5.54 Å². The van der Waals surface area contributed by atoms with Crippen molar-refractivity contribution in [2.45, 2.75) is 58.3 Å². The molecule has 0 saturated carbocycles. The summed E-state index contributed by atoms with van der Waals surface area (Å²) in [7, 11) is 0. The second kappa shape index (κ2) is 7.22. The van der Waals surface area contributed by atoms with Gasteiger partial charge in [0.1, 0.15) is 0 Å². The maximum atomic E-state index is 11.6. The molecule has 19 heavy (non-hydrogen) atoms. The van der Waals surface area contributed by atoms with Crippen LogP contribution in [0.5, 0.6) is 0 Å². The average Bonchev–Trinajstić information content (AvgIpc) is 2.25. The quantitative estimate of drug-likeness (QED) is 0.699. The van der Waals surface area contributed by atoms with Crippen molar-refractivity contribution in [2.75, 3.05) is 26.2 Å². The van der Waals surface area contributed by atoms with Crippen LogP contribution in [0.1, 0.15) is 40.5 Å². The largest absolute Gasteiger partial charge is 0.373 e. The number of rotatable bonds is 6. The van der Waals surface area contributed by atoms with Gasteiger partial charge >= 0.3 is 0 Å². The van der Waals surface area contributed by atoms with Gasteiger partial charge in [0.15, 0.2) is 0 Å². The molecule has 1 fully saturated rings. The minimum absolute atomic E-state index is 0.0823. The molecule has 1 amide bonds. The second-order valence-electron chi connectivity index (χ2n) is 6.20. The number of morpholine rings is 1. The normalized spacial score (nSPS) is 25.3. The van der Waals surface area contributed by atoms with Gasteiger partial charge < -0.3 is 15.8 Å². The molecular formula is C14H29N3O2. The number of unbranched alkanes of at least 4 members (excludes halogenated alkanes) is 1. The van der Waals surface area contributed by atoms with Crippen LogP contribution in [-0.4, -0.2) is 54.7 Å². The van der Waals surface area contributed by atoms with E-state index in [0.717, 1.165) is 32.5 Å². The zero-order valence-electron chi connectivity index (χ0n) is 12.7. The van der Waals surface area contributed by atoms with Gasteiger partial charge in [0.2, 0.25) is 5.91 Å². The van der Waals surface area contributed by atoms with Crippen molar-refractivity contribution < 1.29 is 9.53 Å². The summed E-state index contributed by atoms with van der Waals surface area (Å²) in [6.45, 7) is 11.5. The number of nitrogens with two attached hydrogens (primary N) is 1. The highest BCUT2D eigenvalue weighted by Crippen LogP contribution is 2.11. The molecule has 1 heterocycles. The molecule has 1 aliphatic heterocycles. The minimum atomic E-state index is -0.783. The molecular weight excluding hydrogens is 242 g/mol. The van der Waals surface area contributed by atoms with Crippen molar-refractivity contribution >= 4 is 5.91 Å². The third-order valence-corrected chi connectivity index (χ3v) is 3.27. The lowest BCUT2D eigenvalue weighted by atomic mass is 10.1. The summed E-state index contributed by atoms with van der Waals surface area (Å²) in [6.07, 6.45) is 2.72. The fourth-order valence-corrected chi connectivity index (χ4v) is 2.36. The van der Waals surface area contributed by atoms with Gasteiger partial charge in [-0.15, -0.1) is 0 Å². The summed E-state index contributed by atoms with van der Waals surface area (Å²) in [5, 5.41) is 2.87. The summed E-state index contributed by atoms with van der Waals surface area (Å²) < 4.78 is 5.70. The van der Waals surface area contributed by atoms with E-state index in [1.54, 1.807) is 13.8 Å². The molecule has 0 bridgehead atoms. The number of carbonyl (C=O) groups excluding carboxylic acids is 1. The number of ether oxygens (including phenoxy) is 1. The Morgan fingerprint density at radius 2 is 1.89 bits per heavy atom. The molecule has 0 spiro atoms. The van der Waals surface area contributed by atoms with E-state index in [2.05, 4.69) is 24.1 Å². The number of carbonyl (C=O) groups is 1. The van der Waals surface area contributed by atoms with Crippen LogP contribution in [0.25, 0.3) is 0 Å².